The van der Waals surface area contributed by atoms with E-state index in [1.165, 1.54) is 12.4 Å². The molecular formula is C10H16N2O5. The van der Waals surface area contributed by atoms with Crippen LogP contribution in [-0.4, -0.2) is 60.9 Å². The maximum Gasteiger partial charge on any atom is 0.126 e. The highest BCUT2D eigenvalue weighted by atomic mass is 16.4. The number of aromatic nitrogens is 2. The molecule has 96 valence electrons. The minimum atomic E-state index is -1.31. The van der Waals surface area contributed by atoms with Crippen molar-refractivity contribution in [2.75, 3.05) is 13.2 Å². The Bertz CT molecular complexity index is 332. The molecule has 0 saturated heterocycles. The van der Waals surface area contributed by atoms with E-state index < -0.39 is 24.9 Å². The molecule has 0 unspecified atom stereocenters. The normalized spacial score (nSPS) is 16.5. The van der Waals surface area contributed by atoms with E-state index in [0.717, 1.165) is 0 Å². The van der Waals surface area contributed by atoms with Gasteiger partial charge in [-0.1, -0.05) is 0 Å². The van der Waals surface area contributed by atoms with E-state index in [1.807, 2.05) is 0 Å². The Hall–Kier alpha value is -1.12. The summed E-state index contributed by atoms with van der Waals surface area (Å²) in [4.78, 5) is 7.78. The smallest absolute Gasteiger partial charge is 0.126 e. The molecule has 17 heavy (non-hydrogen) atoms. The van der Waals surface area contributed by atoms with Gasteiger partial charge in [0.25, 0.3) is 0 Å². The molecule has 0 radical (unpaired) electrons. The molecule has 3 atom stereocenters. The second kappa shape index (κ2) is 6.58. The van der Waals surface area contributed by atoms with Gasteiger partial charge in [0.15, 0.2) is 0 Å². The monoisotopic (exact) mass is 244 g/mol. The third-order valence-corrected chi connectivity index (χ3v) is 2.24. The minimum absolute atomic E-state index is 0.133. The molecule has 1 aromatic heterocycles. The number of hydrogen-bond acceptors (Lipinski definition) is 7. The van der Waals surface area contributed by atoms with Crippen LogP contribution in [0.5, 0.6) is 0 Å². The van der Waals surface area contributed by atoms with E-state index in [4.69, 9.17) is 10.2 Å². The van der Waals surface area contributed by atoms with Gasteiger partial charge in [-0.3, -0.25) is 9.97 Å². The van der Waals surface area contributed by atoms with Crippen molar-refractivity contribution in [2.45, 2.75) is 24.7 Å². The van der Waals surface area contributed by atoms with Gasteiger partial charge in [0.05, 0.1) is 36.9 Å². The van der Waals surface area contributed by atoms with Crippen molar-refractivity contribution in [3.8, 4) is 0 Å². The van der Waals surface area contributed by atoms with Crippen molar-refractivity contribution in [3.63, 3.8) is 0 Å². The average Bonchev–Trinajstić information content (AvgIpc) is 2.37. The standard InChI is InChI=1S/C10H16N2O5/c13-4-7(15)1-6-2-12-8(3-11-6)10(17)9(16)5-14/h2-3,7,9-10,13-17H,1,4-5H2/t7-,9+,10+/m1/s1. The van der Waals surface area contributed by atoms with Crippen LogP contribution < -0.4 is 0 Å². The van der Waals surface area contributed by atoms with Crippen molar-refractivity contribution in [2.24, 2.45) is 0 Å². The fourth-order valence-electron chi connectivity index (χ4n) is 1.23. The maximum absolute atomic E-state index is 9.51. The largest absolute Gasteiger partial charge is 0.394 e. The lowest BCUT2D eigenvalue weighted by Crippen LogP contribution is -2.23. The summed E-state index contributed by atoms with van der Waals surface area (Å²) in [6, 6.07) is 0. The molecule has 0 saturated carbocycles. The van der Waals surface area contributed by atoms with Gasteiger partial charge < -0.3 is 25.5 Å². The van der Waals surface area contributed by atoms with Gasteiger partial charge >= 0.3 is 0 Å². The van der Waals surface area contributed by atoms with Gasteiger partial charge in [-0.2, -0.15) is 0 Å². The zero-order valence-corrected chi connectivity index (χ0v) is 9.14. The van der Waals surface area contributed by atoms with Gasteiger partial charge in [-0.15, -0.1) is 0 Å². The molecular weight excluding hydrogens is 228 g/mol. The number of aliphatic hydroxyl groups excluding tert-OH is 5. The zero-order chi connectivity index (χ0) is 12.8. The molecule has 7 nitrogen and oxygen atoms in total. The molecule has 0 bridgehead atoms. The second-order valence-corrected chi connectivity index (χ2v) is 3.67. The summed E-state index contributed by atoms with van der Waals surface area (Å²) in [5.41, 5.74) is 0.592. The molecule has 1 rings (SSSR count). The van der Waals surface area contributed by atoms with Crippen molar-refractivity contribution < 1.29 is 25.5 Å². The highest BCUT2D eigenvalue weighted by Gasteiger charge is 2.19. The lowest BCUT2D eigenvalue weighted by Gasteiger charge is -2.14. The molecule has 5 N–H and O–H groups in total. The van der Waals surface area contributed by atoms with Crippen LogP contribution in [0.1, 0.15) is 17.5 Å². The summed E-state index contributed by atoms with van der Waals surface area (Å²) in [7, 11) is 0. The van der Waals surface area contributed by atoms with Gasteiger partial charge in [0.2, 0.25) is 0 Å². The number of rotatable bonds is 6. The van der Waals surface area contributed by atoms with E-state index in [1.54, 1.807) is 0 Å². The van der Waals surface area contributed by atoms with Gasteiger partial charge in [0.1, 0.15) is 12.2 Å². The van der Waals surface area contributed by atoms with Crippen LogP contribution in [0.4, 0.5) is 0 Å². The highest BCUT2D eigenvalue weighted by molar-refractivity contribution is 5.07. The van der Waals surface area contributed by atoms with Crippen molar-refractivity contribution >= 4 is 0 Å². The highest BCUT2D eigenvalue weighted by Crippen LogP contribution is 2.13. The molecule has 7 heteroatoms. The maximum atomic E-state index is 9.51. The molecule has 0 fully saturated rings. The summed E-state index contributed by atoms with van der Waals surface area (Å²) in [5, 5.41) is 45.2. The van der Waals surface area contributed by atoms with Gasteiger partial charge in [-0.05, 0) is 0 Å². The molecule has 0 spiro atoms. The molecule has 1 heterocycles. The zero-order valence-electron chi connectivity index (χ0n) is 9.14. The molecule has 0 aromatic carbocycles. The Morgan fingerprint density at radius 2 is 1.71 bits per heavy atom. The Morgan fingerprint density at radius 3 is 2.18 bits per heavy atom. The molecule has 0 aliphatic rings. The van der Waals surface area contributed by atoms with E-state index >= 15 is 0 Å². The van der Waals surface area contributed by atoms with Crippen molar-refractivity contribution in [3.05, 3.63) is 23.8 Å². The van der Waals surface area contributed by atoms with Crippen LogP contribution in [0.3, 0.4) is 0 Å². The summed E-state index contributed by atoms with van der Waals surface area (Å²) in [6.45, 7) is -0.941. The van der Waals surface area contributed by atoms with E-state index in [0.29, 0.717) is 5.69 Å². The molecule has 1 aromatic rings. The summed E-state index contributed by atoms with van der Waals surface area (Å²) >= 11 is 0. The molecule has 0 aliphatic carbocycles. The van der Waals surface area contributed by atoms with Gasteiger partial charge in [-0.25, -0.2) is 0 Å². The average molecular weight is 244 g/mol. The first-order valence-electron chi connectivity index (χ1n) is 5.15. The lowest BCUT2D eigenvalue weighted by atomic mass is 10.1. The van der Waals surface area contributed by atoms with E-state index in [9.17, 15) is 15.3 Å². The lowest BCUT2D eigenvalue weighted by molar-refractivity contribution is -0.0174. The van der Waals surface area contributed by atoms with E-state index in [-0.39, 0.29) is 18.7 Å². The fraction of sp³-hybridized carbons (Fsp3) is 0.600. The number of hydrogen-bond donors (Lipinski definition) is 5. The van der Waals surface area contributed by atoms with Crippen LogP contribution in [-0.2, 0) is 6.42 Å². The summed E-state index contributed by atoms with van der Waals surface area (Å²) in [6.07, 6.45) is -0.766. The second-order valence-electron chi connectivity index (χ2n) is 3.67. The number of nitrogens with zero attached hydrogens (tertiary/aromatic N) is 2. The summed E-state index contributed by atoms with van der Waals surface area (Å²) in [5.74, 6) is 0. The van der Waals surface area contributed by atoms with E-state index in [2.05, 4.69) is 9.97 Å². The van der Waals surface area contributed by atoms with Crippen LogP contribution in [0.15, 0.2) is 12.4 Å². The SMILES string of the molecule is OC[C@H](O)Cc1cnc([C@H](O)[C@@H](O)CO)cn1. The van der Waals surface area contributed by atoms with Gasteiger partial charge in [0, 0.05) is 12.6 Å². The minimum Gasteiger partial charge on any atom is -0.394 e. The summed E-state index contributed by atoms with van der Waals surface area (Å²) < 4.78 is 0. The van der Waals surface area contributed by atoms with Crippen molar-refractivity contribution in [1.82, 2.24) is 9.97 Å². The third-order valence-electron chi connectivity index (χ3n) is 2.24. The van der Waals surface area contributed by atoms with Crippen molar-refractivity contribution in [1.29, 1.82) is 0 Å². The Labute approximate surface area is 98.0 Å². The number of aliphatic hydroxyl groups is 5. The Morgan fingerprint density at radius 1 is 1.00 bits per heavy atom. The first-order chi connectivity index (χ1) is 8.08. The first kappa shape index (κ1) is 13.9. The molecule has 0 aliphatic heterocycles. The molecule has 0 amide bonds. The first-order valence-corrected chi connectivity index (χ1v) is 5.15. The Balaban J connectivity index is 2.67. The van der Waals surface area contributed by atoms with Crippen LogP contribution in [0.25, 0.3) is 0 Å². The van der Waals surface area contributed by atoms with Crippen LogP contribution in [0.2, 0.25) is 0 Å². The topological polar surface area (TPSA) is 127 Å². The van der Waals surface area contributed by atoms with Crippen LogP contribution >= 0.6 is 0 Å². The predicted octanol–water partition coefficient (Wildman–Crippen LogP) is -2.24. The quantitative estimate of drug-likeness (QED) is 0.383. The third kappa shape index (κ3) is 3.99. The Kier molecular flexibility index (Phi) is 5.39. The predicted molar refractivity (Wildman–Crippen MR) is 56.9 cm³/mol. The fourth-order valence-corrected chi connectivity index (χ4v) is 1.23. The van der Waals surface area contributed by atoms with Crippen LogP contribution in [0, 0.1) is 0 Å².